The average Bonchev–Trinajstić information content (AvgIpc) is 2.54. The number of carbonyl (C=O) groups excluding carboxylic acids is 1. The molecule has 0 aliphatic rings. The predicted octanol–water partition coefficient (Wildman–Crippen LogP) is 5.15. The number of benzene rings is 2. The van der Waals surface area contributed by atoms with Crippen molar-refractivity contribution < 1.29 is 22.7 Å². The summed E-state index contributed by atoms with van der Waals surface area (Å²) in [7, 11) is 0. The lowest BCUT2D eigenvalue weighted by molar-refractivity contribution is -0.137. The lowest BCUT2D eigenvalue weighted by Gasteiger charge is -2.16. The number of amides is 1. The molecule has 0 spiro atoms. The maximum Gasteiger partial charge on any atom is 0.416 e. The molecule has 2 aromatic rings. The number of halogens is 3. The van der Waals surface area contributed by atoms with Crippen molar-refractivity contribution in [2.24, 2.45) is 0 Å². The minimum atomic E-state index is -4.45. The summed E-state index contributed by atoms with van der Waals surface area (Å²) in [6.07, 6.45) is -4.45. The van der Waals surface area contributed by atoms with Crippen molar-refractivity contribution in [2.75, 3.05) is 11.9 Å². The molecule has 0 saturated carbocycles. The second-order valence-corrected chi connectivity index (χ2v) is 6.06. The first-order chi connectivity index (χ1) is 11.7. The number of carbonyl (C=O) groups is 1. The van der Waals surface area contributed by atoms with Crippen LogP contribution in [0.25, 0.3) is 0 Å². The van der Waals surface area contributed by atoms with Gasteiger partial charge in [0.15, 0.2) is 6.61 Å². The summed E-state index contributed by atoms with van der Waals surface area (Å²) in [5.74, 6) is -0.202. The standard InChI is InChI=1S/C19H20F3NO2/c1-12(2)16-9-4-6-13(3)18(16)23-17(24)11-25-15-8-5-7-14(10-15)19(20,21)22/h4-10,12H,11H2,1-3H3,(H,23,24). The van der Waals surface area contributed by atoms with Crippen LogP contribution in [0.5, 0.6) is 5.75 Å². The summed E-state index contributed by atoms with van der Waals surface area (Å²) in [6.45, 7) is 5.55. The Hall–Kier alpha value is -2.50. The van der Waals surface area contributed by atoms with E-state index in [4.69, 9.17) is 4.74 Å². The fraction of sp³-hybridized carbons (Fsp3) is 0.316. The van der Waals surface area contributed by atoms with Gasteiger partial charge in [0.25, 0.3) is 5.91 Å². The first kappa shape index (κ1) is 18.8. The molecular weight excluding hydrogens is 331 g/mol. The molecule has 0 fully saturated rings. The molecular formula is C19H20F3NO2. The van der Waals surface area contributed by atoms with Crippen molar-refractivity contribution in [1.82, 2.24) is 0 Å². The van der Waals surface area contributed by atoms with Crippen LogP contribution in [-0.2, 0) is 11.0 Å². The summed E-state index contributed by atoms with van der Waals surface area (Å²) in [4.78, 5) is 12.1. The molecule has 2 rings (SSSR count). The Bertz CT molecular complexity index is 755. The van der Waals surface area contributed by atoms with Gasteiger partial charge in [-0.2, -0.15) is 13.2 Å². The smallest absolute Gasteiger partial charge is 0.416 e. The van der Waals surface area contributed by atoms with E-state index in [2.05, 4.69) is 5.32 Å². The minimum absolute atomic E-state index is 0.00107. The van der Waals surface area contributed by atoms with E-state index in [0.29, 0.717) is 0 Å². The van der Waals surface area contributed by atoms with Gasteiger partial charge in [-0.3, -0.25) is 4.79 Å². The van der Waals surface area contributed by atoms with Crippen LogP contribution in [0.2, 0.25) is 0 Å². The number of nitrogens with one attached hydrogen (secondary N) is 1. The summed E-state index contributed by atoms with van der Waals surface area (Å²) in [5, 5.41) is 2.79. The summed E-state index contributed by atoms with van der Waals surface area (Å²) >= 11 is 0. The first-order valence-electron chi connectivity index (χ1n) is 7.88. The van der Waals surface area contributed by atoms with E-state index in [9.17, 15) is 18.0 Å². The third-order valence-electron chi connectivity index (χ3n) is 3.72. The molecule has 0 atom stereocenters. The number of para-hydroxylation sites is 1. The Morgan fingerprint density at radius 1 is 1.16 bits per heavy atom. The molecule has 0 aromatic heterocycles. The molecule has 3 nitrogen and oxygen atoms in total. The van der Waals surface area contributed by atoms with E-state index in [-0.39, 0.29) is 18.3 Å². The SMILES string of the molecule is Cc1cccc(C(C)C)c1NC(=O)COc1cccc(C(F)(F)F)c1. The van der Waals surface area contributed by atoms with Crippen molar-refractivity contribution in [1.29, 1.82) is 0 Å². The molecule has 0 unspecified atom stereocenters. The van der Waals surface area contributed by atoms with Crippen molar-refractivity contribution in [3.8, 4) is 5.75 Å². The third kappa shape index (κ3) is 4.98. The maximum absolute atomic E-state index is 12.7. The van der Waals surface area contributed by atoms with Crippen LogP contribution in [-0.4, -0.2) is 12.5 Å². The highest BCUT2D eigenvalue weighted by atomic mass is 19.4. The van der Waals surface area contributed by atoms with Gasteiger partial charge in [0.1, 0.15) is 5.75 Å². The molecule has 0 aliphatic heterocycles. The van der Waals surface area contributed by atoms with Crippen LogP contribution >= 0.6 is 0 Å². The van der Waals surface area contributed by atoms with Crippen LogP contribution in [0.15, 0.2) is 42.5 Å². The first-order valence-corrected chi connectivity index (χ1v) is 7.88. The quantitative estimate of drug-likeness (QED) is 0.808. The highest BCUT2D eigenvalue weighted by molar-refractivity contribution is 5.93. The van der Waals surface area contributed by atoms with Gasteiger partial charge < -0.3 is 10.1 Å². The molecule has 0 saturated heterocycles. The molecule has 134 valence electrons. The molecule has 25 heavy (non-hydrogen) atoms. The molecule has 0 radical (unpaired) electrons. The Labute approximate surface area is 144 Å². The van der Waals surface area contributed by atoms with Crippen molar-refractivity contribution in [3.05, 3.63) is 59.2 Å². The Morgan fingerprint density at radius 2 is 1.84 bits per heavy atom. The van der Waals surface area contributed by atoms with Crippen molar-refractivity contribution >= 4 is 11.6 Å². The van der Waals surface area contributed by atoms with Crippen LogP contribution in [0.3, 0.4) is 0 Å². The summed E-state index contributed by atoms with van der Waals surface area (Å²) in [6, 6.07) is 10.2. The minimum Gasteiger partial charge on any atom is -0.484 e. The predicted molar refractivity (Wildman–Crippen MR) is 90.8 cm³/mol. The summed E-state index contributed by atoms with van der Waals surface area (Å²) < 4.78 is 43.3. The molecule has 1 N–H and O–H groups in total. The van der Waals surface area contributed by atoms with Gasteiger partial charge in [0, 0.05) is 5.69 Å². The fourth-order valence-corrected chi connectivity index (χ4v) is 2.43. The number of ether oxygens (including phenoxy) is 1. The van der Waals surface area contributed by atoms with E-state index in [1.807, 2.05) is 39.0 Å². The van der Waals surface area contributed by atoms with Gasteiger partial charge in [-0.1, -0.05) is 38.1 Å². The Kier molecular flexibility index (Phi) is 5.72. The highest BCUT2D eigenvalue weighted by Gasteiger charge is 2.30. The third-order valence-corrected chi connectivity index (χ3v) is 3.72. The molecule has 6 heteroatoms. The lowest BCUT2D eigenvalue weighted by Crippen LogP contribution is -2.21. The molecule has 2 aromatic carbocycles. The zero-order valence-electron chi connectivity index (χ0n) is 14.3. The zero-order valence-corrected chi connectivity index (χ0v) is 14.3. The van der Waals surface area contributed by atoms with Gasteiger partial charge in [0.05, 0.1) is 5.56 Å². The lowest BCUT2D eigenvalue weighted by atomic mass is 9.98. The summed E-state index contributed by atoms with van der Waals surface area (Å²) in [5.41, 5.74) is 1.81. The van der Waals surface area contributed by atoms with Gasteiger partial charge in [-0.15, -0.1) is 0 Å². The Morgan fingerprint density at radius 3 is 2.48 bits per heavy atom. The van der Waals surface area contributed by atoms with Gasteiger partial charge in [-0.25, -0.2) is 0 Å². The number of anilines is 1. The van der Waals surface area contributed by atoms with Crippen LogP contribution in [0, 0.1) is 6.92 Å². The van der Waals surface area contributed by atoms with Crippen LogP contribution in [0.1, 0.15) is 36.5 Å². The molecule has 1 amide bonds. The monoisotopic (exact) mass is 351 g/mol. The van der Waals surface area contributed by atoms with Crippen LogP contribution in [0.4, 0.5) is 18.9 Å². The number of rotatable bonds is 5. The second kappa shape index (κ2) is 7.59. The average molecular weight is 351 g/mol. The van der Waals surface area contributed by atoms with Crippen molar-refractivity contribution in [3.63, 3.8) is 0 Å². The van der Waals surface area contributed by atoms with E-state index in [0.717, 1.165) is 28.9 Å². The second-order valence-electron chi connectivity index (χ2n) is 6.06. The van der Waals surface area contributed by atoms with Crippen molar-refractivity contribution in [2.45, 2.75) is 32.9 Å². The Balaban J connectivity index is 2.05. The topological polar surface area (TPSA) is 38.3 Å². The van der Waals surface area contributed by atoms with E-state index in [1.54, 1.807) is 0 Å². The largest absolute Gasteiger partial charge is 0.484 e. The van der Waals surface area contributed by atoms with E-state index < -0.39 is 17.6 Å². The fourth-order valence-electron chi connectivity index (χ4n) is 2.43. The molecule has 0 bridgehead atoms. The molecule has 0 heterocycles. The highest BCUT2D eigenvalue weighted by Crippen LogP contribution is 2.31. The number of hydrogen-bond acceptors (Lipinski definition) is 2. The van der Waals surface area contributed by atoms with Gasteiger partial charge in [-0.05, 0) is 42.2 Å². The normalized spacial score (nSPS) is 11.5. The molecule has 0 aliphatic carbocycles. The van der Waals surface area contributed by atoms with E-state index >= 15 is 0 Å². The van der Waals surface area contributed by atoms with Crippen LogP contribution < -0.4 is 10.1 Å². The maximum atomic E-state index is 12.7. The number of hydrogen-bond donors (Lipinski definition) is 1. The van der Waals surface area contributed by atoms with E-state index in [1.165, 1.54) is 12.1 Å². The number of aryl methyl sites for hydroxylation is 1. The van der Waals surface area contributed by atoms with Gasteiger partial charge in [0.2, 0.25) is 0 Å². The van der Waals surface area contributed by atoms with Gasteiger partial charge >= 0.3 is 6.18 Å². The number of alkyl halides is 3. The zero-order chi connectivity index (χ0) is 18.6.